The first-order chi connectivity index (χ1) is 9.76. The van der Waals surface area contributed by atoms with Crippen LogP contribution in [0.1, 0.15) is 25.8 Å². The van der Waals surface area contributed by atoms with Crippen molar-refractivity contribution in [3.05, 3.63) is 28.8 Å². The van der Waals surface area contributed by atoms with Crippen molar-refractivity contribution in [1.82, 2.24) is 4.72 Å². The van der Waals surface area contributed by atoms with Crippen LogP contribution in [-0.4, -0.2) is 21.5 Å². The quantitative estimate of drug-likeness (QED) is 0.831. The molecule has 1 aromatic rings. The SMILES string of the molecule is CC1(C)CC1CNS(=O)(=O)c1ccc(C#CCN)cc1Cl. The maximum atomic E-state index is 12.3. The summed E-state index contributed by atoms with van der Waals surface area (Å²) in [6.45, 7) is 4.95. The minimum absolute atomic E-state index is 0.0842. The van der Waals surface area contributed by atoms with Gasteiger partial charge in [0.2, 0.25) is 10.0 Å². The smallest absolute Gasteiger partial charge is 0.242 e. The summed E-state index contributed by atoms with van der Waals surface area (Å²) in [6, 6.07) is 4.65. The molecule has 2 rings (SSSR count). The molecule has 1 unspecified atom stereocenters. The second kappa shape index (κ2) is 5.98. The van der Waals surface area contributed by atoms with Gasteiger partial charge in [-0.15, -0.1) is 0 Å². The van der Waals surface area contributed by atoms with Gasteiger partial charge >= 0.3 is 0 Å². The van der Waals surface area contributed by atoms with Crippen LogP contribution in [0.25, 0.3) is 0 Å². The number of hydrogen-bond acceptors (Lipinski definition) is 3. The van der Waals surface area contributed by atoms with Gasteiger partial charge in [0, 0.05) is 12.1 Å². The summed E-state index contributed by atoms with van der Waals surface area (Å²) in [5.74, 6) is 5.91. The van der Waals surface area contributed by atoms with Crippen molar-refractivity contribution in [2.45, 2.75) is 25.2 Å². The van der Waals surface area contributed by atoms with Crippen LogP contribution >= 0.6 is 11.6 Å². The van der Waals surface area contributed by atoms with Crippen molar-refractivity contribution in [2.75, 3.05) is 13.1 Å². The highest BCUT2D eigenvalue weighted by atomic mass is 35.5. The minimum Gasteiger partial charge on any atom is -0.320 e. The van der Waals surface area contributed by atoms with E-state index < -0.39 is 10.0 Å². The second-order valence-electron chi connectivity index (χ2n) is 5.89. The van der Waals surface area contributed by atoms with Crippen molar-refractivity contribution >= 4 is 21.6 Å². The third-order valence-electron chi connectivity index (χ3n) is 3.79. The lowest BCUT2D eigenvalue weighted by atomic mass is 10.1. The fourth-order valence-corrected chi connectivity index (χ4v) is 3.79. The summed E-state index contributed by atoms with van der Waals surface area (Å²) >= 11 is 6.06. The Labute approximate surface area is 131 Å². The van der Waals surface area contributed by atoms with Gasteiger partial charge in [0.1, 0.15) is 4.90 Å². The number of hydrogen-bond donors (Lipinski definition) is 2. The molecule has 1 aliphatic rings. The number of nitrogens with two attached hydrogens (primary N) is 1. The molecule has 1 saturated carbocycles. The molecule has 3 N–H and O–H groups in total. The molecule has 4 nitrogen and oxygen atoms in total. The lowest BCUT2D eigenvalue weighted by Crippen LogP contribution is -2.27. The molecule has 1 fully saturated rings. The van der Waals surface area contributed by atoms with Gasteiger partial charge in [-0.1, -0.05) is 37.3 Å². The van der Waals surface area contributed by atoms with Gasteiger partial charge in [0.05, 0.1) is 11.6 Å². The third-order valence-corrected chi connectivity index (χ3v) is 5.70. The first-order valence-corrected chi connectivity index (χ1v) is 8.60. The van der Waals surface area contributed by atoms with Gasteiger partial charge in [0.25, 0.3) is 0 Å². The first-order valence-electron chi connectivity index (χ1n) is 6.74. The standard InChI is InChI=1S/C15H19ClN2O2S/c1-15(2)9-12(15)10-18-21(19,20)14-6-5-11(4-3-7-17)8-13(14)16/h5-6,8,12,18H,7,9-10,17H2,1-2H3. The largest absolute Gasteiger partial charge is 0.320 e. The summed E-state index contributed by atoms with van der Waals surface area (Å²) in [4.78, 5) is 0.0842. The van der Waals surface area contributed by atoms with E-state index in [-0.39, 0.29) is 21.9 Å². The van der Waals surface area contributed by atoms with Gasteiger partial charge in [-0.05, 0) is 36.0 Å². The van der Waals surface area contributed by atoms with Crippen molar-refractivity contribution in [3.63, 3.8) is 0 Å². The summed E-state index contributed by atoms with van der Waals surface area (Å²) in [6.07, 6.45) is 1.04. The number of benzene rings is 1. The second-order valence-corrected chi connectivity index (χ2v) is 8.04. The van der Waals surface area contributed by atoms with Crippen LogP contribution < -0.4 is 10.5 Å². The molecular formula is C15H19ClN2O2S. The zero-order valence-electron chi connectivity index (χ0n) is 12.1. The molecule has 6 heteroatoms. The molecule has 0 saturated heterocycles. The summed E-state index contributed by atoms with van der Waals surface area (Å²) in [5.41, 5.74) is 6.17. The maximum absolute atomic E-state index is 12.3. The molecule has 114 valence electrons. The molecule has 1 atom stereocenters. The van der Waals surface area contributed by atoms with Crippen molar-refractivity contribution in [2.24, 2.45) is 17.1 Å². The summed E-state index contributed by atoms with van der Waals surface area (Å²) < 4.78 is 27.2. The fraction of sp³-hybridized carbons (Fsp3) is 0.467. The van der Waals surface area contributed by atoms with E-state index in [1.807, 2.05) is 0 Å². The van der Waals surface area contributed by atoms with Crippen LogP contribution in [0.2, 0.25) is 5.02 Å². The monoisotopic (exact) mass is 326 g/mol. The predicted octanol–water partition coefficient (Wildman–Crippen LogP) is 1.97. The highest BCUT2D eigenvalue weighted by Gasteiger charge is 2.45. The Morgan fingerprint density at radius 1 is 1.48 bits per heavy atom. The van der Waals surface area contributed by atoms with E-state index in [0.717, 1.165) is 6.42 Å². The lowest BCUT2D eigenvalue weighted by molar-refractivity contribution is 0.537. The minimum atomic E-state index is -3.59. The molecule has 0 spiro atoms. The van der Waals surface area contributed by atoms with E-state index in [0.29, 0.717) is 18.0 Å². The molecule has 1 aliphatic carbocycles. The van der Waals surface area contributed by atoms with E-state index in [1.165, 1.54) is 6.07 Å². The van der Waals surface area contributed by atoms with Crippen molar-refractivity contribution < 1.29 is 8.42 Å². The average molecular weight is 327 g/mol. The normalized spacial score (nSPS) is 19.7. The Kier molecular flexibility index (Phi) is 4.64. The highest BCUT2D eigenvalue weighted by molar-refractivity contribution is 7.89. The Morgan fingerprint density at radius 3 is 2.67 bits per heavy atom. The van der Waals surface area contributed by atoms with E-state index in [1.54, 1.807) is 12.1 Å². The van der Waals surface area contributed by atoms with Gasteiger partial charge in [0.15, 0.2) is 0 Å². The zero-order chi connectivity index (χ0) is 15.7. The van der Waals surface area contributed by atoms with Crippen molar-refractivity contribution in [3.8, 4) is 11.8 Å². The molecule has 0 bridgehead atoms. The Hall–Kier alpha value is -1.06. The fourth-order valence-electron chi connectivity index (χ4n) is 2.16. The van der Waals surface area contributed by atoms with E-state index in [4.69, 9.17) is 17.3 Å². The van der Waals surface area contributed by atoms with Crippen LogP contribution in [0.5, 0.6) is 0 Å². The molecule has 0 aromatic heterocycles. The van der Waals surface area contributed by atoms with E-state index in [2.05, 4.69) is 30.4 Å². The molecule has 0 aliphatic heterocycles. The molecule has 1 aromatic carbocycles. The molecule has 0 radical (unpaired) electrons. The van der Waals surface area contributed by atoms with Crippen molar-refractivity contribution in [1.29, 1.82) is 0 Å². The number of halogens is 1. The average Bonchev–Trinajstić information content (AvgIpc) is 3.01. The zero-order valence-corrected chi connectivity index (χ0v) is 13.7. The lowest BCUT2D eigenvalue weighted by Gasteiger charge is -2.09. The molecule has 0 amide bonds. The van der Waals surface area contributed by atoms with E-state index >= 15 is 0 Å². The molecule has 21 heavy (non-hydrogen) atoms. The van der Waals surface area contributed by atoms with Gasteiger partial charge in [-0.25, -0.2) is 13.1 Å². The van der Waals surface area contributed by atoms with Crippen LogP contribution in [-0.2, 0) is 10.0 Å². The van der Waals surface area contributed by atoms with Gasteiger partial charge < -0.3 is 5.73 Å². The Balaban J connectivity index is 2.12. The maximum Gasteiger partial charge on any atom is 0.242 e. The predicted molar refractivity (Wildman–Crippen MR) is 84.5 cm³/mol. The van der Waals surface area contributed by atoms with E-state index in [9.17, 15) is 8.42 Å². The first kappa shape index (κ1) is 16.3. The number of nitrogens with one attached hydrogen (secondary N) is 1. The van der Waals surface area contributed by atoms with Gasteiger partial charge in [-0.3, -0.25) is 0 Å². The Bertz CT molecular complexity index is 702. The Morgan fingerprint density at radius 2 is 2.14 bits per heavy atom. The highest BCUT2D eigenvalue weighted by Crippen LogP contribution is 2.51. The van der Waals surface area contributed by atoms with Crippen LogP contribution in [0.3, 0.4) is 0 Å². The number of sulfonamides is 1. The van der Waals surface area contributed by atoms with Gasteiger partial charge in [-0.2, -0.15) is 0 Å². The summed E-state index contributed by atoms with van der Waals surface area (Å²) in [5, 5.41) is 0.168. The topological polar surface area (TPSA) is 72.2 Å². The summed E-state index contributed by atoms with van der Waals surface area (Å²) in [7, 11) is -3.59. The number of rotatable bonds is 4. The van der Waals surface area contributed by atoms with Crippen LogP contribution in [0.15, 0.2) is 23.1 Å². The third kappa shape index (κ3) is 3.98. The van der Waals surface area contributed by atoms with Crippen LogP contribution in [0.4, 0.5) is 0 Å². The molecule has 0 heterocycles. The van der Waals surface area contributed by atoms with Crippen LogP contribution in [0, 0.1) is 23.2 Å². The molecular weight excluding hydrogens is 308 g/mol.